The average molecular weight is 201 g/mol. The lowest BCUT2D eigenvalue weighted by Gasteiger charge is -2.20. The Morgan fingerprint density at radius 3 is 2.64 bits per heavy atom. The molecule has 0 aromatic heterocycles. The first-order chi connectivity index (χ1) is 6.52. The zero-order chi connectivity index (χ0) is 10.6. The average Bonchev–Trinajstić information content (AvgIpc) is 2.56. The highest BCUT2D eigenvalue weighted by molar-refractivity contribution is 5.77. The summed E-state index contributed by atoms with van der Waals surface area (Å²) in [5.74, 6) is -0.400. The lowest BCUT2D eigenvalue weighted by molar-refractivity contribution is -0.145. The minimum Gasteiger partial charge on any atom is -0.480 e. The lowest BCUT2D eigenvalue weighted by Crippen LogP contribution is -2.49. The minimum absolute atomic E-state index is 0.0961. The van der Waals surface area contributed by atoms with Crippen molar-refractivity contribution >= 4 is 5.97 Å². The third-order valence-electron chi connectivity index (χ3n) is 2.72. The summed E-state index contributed by atoms with van der Waals surface area (Å²) in [4.78, 5) is 10.6. The fourth-order valence-electron chi connectivity index (χ4n) is 1.68. The van der Waals surface area contributed by atoms with Gasteiger partial charge in [0, 0.05) is 6.61 Å². The van der Waals surface area contributed by atoms with E-state index in [2.05, 4.69) is 0 Å². The van der Waals surface area contributed by atoms with Gasteiger partial charge in [-0.25, -0.2) is 0 Å². The number of carbonyl (C=O) groups is 1. The number of hydrogen-bond donors (Lipinski definition) is 2. The maximum Gasteiger partial charge on any atom is 0.325 e. The van der Waals surface area contributed by atoms with Crippen LogP contribution in [0.25, 0.3) is 0 Å². The van der Waals surface area contributed by atoms with Gasteiger partial charge in [-0.1, -0.05) is 12.8 Å². The SMILES string of the molecule is CC(N)(COCC1CCCC1)C(=O)O. The van der Waals surface area contributed by atoms with E-state index in [1.807, 2.05) is 0 Å². The number of rotatable bonds is 5. The Balaban J connectivity index is 2.16. The number of hydrogen-bond acceptors (Lipinski definition) is 3. The number of nitrogens with two attached hydrogens (primary N) is 1. The molecule has 82 valence electrons. The fraction of sp³-hybridized carbons (Fsp3) is 0.900. The van der Waals surface area contributed by atoms with Crippen LogP contribution in [0.3, 0.4) is 0 Å². The second-order valence-electron chi connectivity index (χ2n) is 4.39. The van der Waals surface area contributed by atoms with E-state index >= 15 is 0 Å². The maximum absolute atomic E-state index is 10.6. The molecule has 0 radical (unpaired) electrons. The normalized spacial score (nSPS) is 22.1. The van der Waals surface area contributed by atoms with Crippen LogP contribution in [0.5, 0.6) is 0 Å². The van der Waals surface area contributed by atoms with Crippen molar-refractivity contribution < 1.29 is 14.6 Å². The van der Waals surface area contributed by atoms with Crippen molar-refractivity contribution in [3.63, 3.8) is 0 Å². The first-order valence-corrected chi connectivity index (χ1v) is 5.12. The Labute approximate surface area is 84.4 Å². The van der Waals surface area contributed by atoms with E-state index in [0.717, 1.165) is 0 Å². The molecule has 0 bridgehead atoms. The molecule has 1 rings (SSSR count). The molecule has 1 fully saturated rings. The van der Waals surface area contributed by atoms with E-state index in [0.29, 0.717) is 12.5 Å². The number of carboxylic acid groups (broad SMARTS) is 1. The van der Waals surface area contributed by atoms with Gasteiger partial charge in [-0.05, 0) is 25.7 Å². The fourth-order valence-corrected chi connectivity index (χ4v) is 1.68. The van der Waals surface area contributed by atoms with Gasteiger partial charge in [0.2, 0.25) is 0 Å². The van der Waals surface area contributed by atoms with Crippen molar-refractivity contribution in [2.75, 3.05) is 13.2 Å². The molecule has 1 saturated carbocycles. The molecule has 3 N–H and O–H groups in total. The zero-order valence-corrected chi connectivity index (χ0v) is 8.66. The Morgan fingerprint density at radius 2 is 2.14 bits per heavy atom. The second-order valence-corrected chi connectivity index (χ2v) is 4.39. The quantitative estimate of drug-likeness (QED) is 0.696. The van der Waals surface area contributed by atoms with Crippen molar-refractivity contribution in [1.82, 2.24) is 0 Å². The monoisotopic (exact) mass is 201 g/mol. The molecule has 0 heterocycles. The molecule has 4 nitrogen and oxygen atoms in total. The predicted molar refractivity (Wildman–Crippen MR) is 53.0 cm³/mol. The molecule has 0 saturated heterocycles. The molecule has 1 unspecified atom stereocenters. The molecule has 0 spiro atoms. The lowest BCUT2D eigenvalue weighted by atomic mass is 10.1. The predicted octanol–water partition coefficient (Wildman–Crippen LogP) is 0.995. The van der Waals surface area contributed by atoms with Crippen LogP contribution in [0.2, 0.25) is 0 Å². The first kappa shape index (κ1) is 11.5. The Morgan fingerprint density at radius 1 is 1.57 bits per heavy atom. The molecular formula is C10H19NO3. The van der Waals surface area contributed by atoms with Crippen molar-refractivity contribution in [1.29, 1.82) is 0 Å². The Kier molecular flexibility index (Phi) is 3.89. The van der Waals surface area contributed by atoms with Gasteiger partial charge in [-0.2, -0.15) is 0 Å². The van der Waals surface area contributed by atoms with Gasteiger partial charge < -0.3 is 15.6 Å². The highest BCUT2D eigenvalue weighted by Gasteiger charge is 2.28. The van der Waals surface area contributed by atoms with E-state index < -0.39 is 11.5 Å². The van der Waals surface area contributed by atoms with Gasteiger partial charge in [-0.15, -0.1) is 0 Å². The molecule has 1 atom stereocenters. The summed E-state index contributed by atoms with van der Waals surface area (Å²) in [5, 5.41) is 8.73. The third-order valence-corrected chi connectivity index (χ3v) is 2.72. The van der Waals surface area contributed by atoms with E-state index in [9.17, 15) is 4.79 Å². The highest BCUT2D eigenvalue weighted by Crippen LogP contribution is 2.24. The number of aliphatic carboxylic acids is 1. The van der Waals surface area contributed by atoms with Gasteiger partial charge in [0.25, 0.3) is 0 Å². The smallest absolute Gasteiger partial charge is 0.325 e. The van der Waals surface area contributed by atoms with Crippen LogP contribution in [0, 0.1) is 5.92 Å². The summed E-state index contributed by atoms with van der Waals surface area (Å²) in [5.41, 5.74) is 4.27. The van der Waals surface area contributed by atoms with Crippen molar-refractivity contribution in [2.24, 2.45) is 11.7 Å². The largest absolute Gasteiger partial charge is 0.480 e. The molecule has 0 aromatic carbocycles. The van der Waals surface area contributed by atoms with Crippen LogP contribution in [-0.2, 0) is 9.53 Å². The summed E-state index contributed by atoms with van der Waals surface area (Å²) >= 11 is 0. The summed E-state index contributed by atoms with van der Waals surface area (Å²) in [6.07, 6.45) is 4.95. The molecular weight excluding hydrogens is 182 g/mol. The maximum atomic E-state index is 10.6. The molecule has 0 amide bonds. The molecule has 14 heavy (non-hydrogen) atoms. The van der Waals surface area contributed by atoms with Crippen LogP contribution in [-0.4, -0.2) is 29.8 Å². The first-order valence-electron chi connectivity index (χ1n) is 5.12. The summed E-state index contributed by atoms with van der Waals surface area (Å²) < 4.78 is 5.34. The van der Waals surface area contributed by atoms with Gasteiger partial charge in [-0.3, -0.25) is 4.79 Å². The molecule has 4 heteroatoms. The van der Waals surface area contributed by atoms with Crippen LogP contribution < -0.4 is 5.73 Å². The standard InChI is InChI=1S/C10H19NO3/c1-10(11,9(12)13)7-14-6-8-4-2-3-5-8/h8H,2-7,11H2,1H3,(H,12,13). The van der Waals surface area contributed by atoms with E-state index in [1.165, 1.54) is 32.6 Å². The van der Waals surface area contributed by atoms with Crippen LogP contribution in [0.15, 0.2) is 0 Å². The molecule has 0 aromatic rings. The number of ether oxygens (including phenoxy) is 1. The van der Waals surface area contributed by atoms with Crippen LogP contribution in [0.1, 0.15) is 32.6 Å². The van der Waals surface area contributed by atoms with E-state index in [-0.39, 0.29) is 6.61 Å². The van der Waals surface area contributed by atoms with Crippen molar-refractivity contribution in [2.45, 2.75) is 38.1 Å². The van der Waals surface area contributed by atoms with E-state index in [4.69, 9.17) is 15.6 Å². The molecule has 0 aliphatic heterocycles. The molecule has 1 aliphatic carbocycles. The summed E-state index contributed by atoms with van der Waals surface area (Å²) in [6, 6.07) is 0. The van der Waals surface area contributed by atoms with Gasteiger partial charge in [0.1, 0.15) is 5.54 Å². The third kappa shape index (κ3) is 3.27. The second kappa shape index (κ2) is 4.75. The zero-order valence-electron chi connectivity index (χ0n) is 8.66. The summed E-state index contributed by atoms with van der Waals surface area (Å²) in [6.45, 7) is 2.23. The van der Waals surface area contributed by atoms with Crippen molar-refractivity contribution in [3.05, 3.63) is 0 Å². The molecule has 1 aliphatic rings. The van der Waals surface area contributed by atoms with Gasteiger partial charge >= 0.3 is 5.97 Å². The van der Waals surface area contributed by atoms with Crippen LogP contribution in [0.4, 0.5) is 0 Å². The van der Waals surface area contributed by atoms with Crippen molar-refractivity contribution in [3.8, 4) is 0 Å². The van der Waals surface area contributed by atoms with Gasteiger partial charge in [0.05, 0.1) is 6.61 Å². The highest BCUT2D eigenvalue weighted by atomic mass is 16.5. The van der Waals surface area contributed by atoms with Crippen LogP contribution >= 0.6 is 0 Å². The Bertz CT molecular complexity index is 198. The topological polar surface area (TPSA) is 72.5 Å². The minimum atomic E-state index is -1.25. The number of carboxylic acids is 1. The van der Waals surface area contributed by atoms with E-state index in [1.54, 1.807) is 0 Å². The van der Waals surface area contributed by atoms with Gasteiger partial charge in [0.15, 0.2) is 0 Å². The summed E-state index contributed by atoms with van der Waals surface area (Å²) in [7, 11) is 0. The Hall–Kier alpha value is -0.610.